The maximum absolute atomic E-state index is 17.0. The Morgan fingerprint density at radius 1 is 1.11 bits per heavy atom. The smallest absolute Gasteiger partial charge is 0.314 e. The van der Waals surface area contributed by atoms with E-state index in [0.29, 0.717) is 64.9 Å². The monoisotopic (exact) mass is 620 g/mol. The highest BCUT2D eigenvalue weighted by Crippen LogP contribution is 2.43. The van der Waals surface area contributed by atoms with Crippen molar-refractivity contribution in [2.45, 2.75) is 82.2 Å². The number of nitrogens with zero attached hydrogens (tertiary/aromatic N) is 5. The van der Waals surface area contributed by atoms with Gasteiger partial charge in [0.05, 0.1) is 11.5 Å². The zero-order valence-corrected chi connectivity index (χ0v) is 25.7. The Labute approximate surface area is 260 Å². The molecule has 6 heterocycles. The number of nitrogens with one attached hydrogen (secondary N) is 1. The van der Waals surface area contributed by atoms with Crippen LogP contribution in [-0.4, -0.2) is 95.1 Å². The van der Waals surface area contributed by atoms with Gasteiger partial charge in [-0.25, -0.2) is 18.2 Å². The third-order valence-electron chi connectivity index (χ3n) is 10.8. The zero-order valence-electron chi connectivity index (χ0n) is 25.7. The predicted molar refractivity (Wildman–Crippen MR) is 169 cm³/mol. The minimum Gasteiger partial charge on any atom is -0.508 e. The topological polar surface area (TPSA) is 85.1 Å². The van der Waals surface area contributed by atoms with Gasteiger partial charge >= 0.3 is 6.02 Å². The minimum atomic E-state index is -0.988. The van der Waals surface area contributed by atoms with E-state index in [9.17, 15) is 9.50 Å². The molecule has 0 saturated carbocycles. The number of hydrogen-bond donors (Lipinski definition) is 2. The molecule has 0 aromatic heterocycles. The average molecular weight is 621 g/mol. The van der Waals surface area contributed by atoms with Crippen LogP contribution in [-0.2, 0) is 11.2 Å². The summed E-state index contributed by atoms with van der Waals surface area (Å²) in [4.78, 5) is 18.9. The van der Waals surface area contributed by atoms with Crippen molar-refractivity contribution in [2.75, 3.05) is 32.8 Å². The summed E-state index contributed by atoms with van der Waals surface area (Å²) >= 11 is 0. The van der Waals surface area contributed by atoms with Gasteiger partial charge in [-0.05, 0) is 80.1 Å². The summed E-state index contributed by atoms with van der Waals surface area (Å²) in [6.07, 6.45) is 3.90. The Bertz CT molecular complexity index is 1680. The lowest BCUT2D eigenvalue weighted by molar-refractivity contribution is 0.105. The van der Waals surface area contributed by atoms with Crippen LogP contribution in [0.3, 0.4) is 0 Å². The maximum atomic E-state index is 17.0. The number of phenols is 1. The van der Waals surface area contributed by atoms with E-state index in [1.54, 1.807) is 12.1 Å². The van der Waals surface area contributed by atoms with Gasteiger partial charge in [-0.1, -0.05) is 13.0 Å². The molecule has 45 heavy (non-hydrogen) atoms. The number of hydrogen-bond acceptors (Lipinski definition) is 8. The van der Waals surface area contributed by atoms with Crippen LogP contribution in [0.25, 0.3) is 16.5 Å². The van der Waals surface area contributed by atoms with Gasteiger partial charge in [0.25, 0.3) is 0 Å². The second-order valence-electron chi connectivity index (χ2n) is 13.6. The normalized spacial score (nSPS) is 32.9. The van der Waals surface area contributed by atoms with Gasteiger partial charge in [-0.3, -0.25) is 9.89 Å². The molecule has 4 fully saturated rings. The van der Waals surface area contributed by atoms with E-state index in [-0.39, 0.29) is 29.9 Å². The Kier molecular flexibility index (Phi) is 6.98. The predicted octanol–water partition coefficient (Wildman–Crippen LogP) is 5.14. The van der Waals surface area contributed by atoms with Gasteiger partial charge in [0.1, 0.15) is 41.9 Å². The first-order valence-corrected chi connectivity index (χ1v) is 16.3. The van der Waals surface area contributed by atoms with Crippen molar-refractivity contribution in [3.8, 4) is 5.75 Å². The molecule has 6 aliphatic rings. The molecule has 0 spiro atoms. The van der Waals surface area contributed by atoms with Crippen molar-refractivity contribution in [1.29, 1.82) is 0 Å². The van der Waals surface area contributed by atoms with Crippen LogP contribution in [0.5, 0.6) is 5.75 Å². The summed E-state index contributed by atoms with van der Waals surface area (Å²) in [5, 5.41) is 15.4. The number of aromatic hydroxyl groups is 1. The molecule has 0 amide bonds. The largest absolute Gasteiger partial charge is 0.508 e. The summed E-state index contributed by atoms with van der Waals surface area (Å²) in [5.41, 5.74) is 1.06. The van der Waals surface area contributed by atoms with E-state index >= 15 is 8.78 Å². The van der Waals surface area contributed by atoms with Crippen molar-refractivity contribution in [2.24, 2.45) is 20.9 Å². The fourth-order valence-corrected chi connectivity index (χ4v) is 8.78. The molecule has 8 nitrogen and oxygen atoms in total. The van der Waals surface area contributed by atoms with Gasteiger partial charge in [0.15, 0.2) is 5.83 Å². The molecule has 2 aromatic rings. The zero-order chi connectivity index (χ0) is 31.0. The van der Waals surface area contributed by atoms with E-state index < -0.39 is 29.5 Å². The molecule has 4 saturated heterocycles. The number of fused-ring (bicyclic) bond motifs is 5. The van der Waals surface area contributed by atoms with E-state index in [4.69, 9.17) is 19.7 Å². The summed E-state index contributed by atoms with van der Waals surface area (Å²) in [6.45, 7) is 6.70. The van der Waals surface area contributed by atoms with Crippen LogP contribution in [0, 0.1) is 11.7 Å². The molecule has 238 valence electrons. The number of benzene rings is 2. The van der Waals surface area contributed by atoms with Gasteiger partial charge in [0, 0.05) is 49.4 Å². The van der Waals surface area contributed by atoms with Gasteiger partial charge < -0.3 is 20.1 Å². The van der Waals surface area contributed by atoms with Crippen LogP contribution in [0.2, 0.25) is 0 Å². The van der Waals surface area contributed by atoms with Crippen LogP contribution in [0.4, 0.5) is 13.2 Å². The quantitative estimate of drug-likeness (QED) is 0.495. The second kappa shape index (κ2) is 10.8. The number of rotatable bonds is 4. The Morgan fingerprint density at radius 3 is 2.69 bits per heavy atom. The molecule has 6 aliphatic heterocycles. The van der Waals surface area contributed by atoms with Crippen LogP contribution < -0.4 is 5.32 Å². The lowest BCUT2D eigenvalue weighted by Crippen LogP contribution is -2.57. The molecule has 0 radical (unpaired) electrons. The van der Waals surface area contributed by atoms with Crippen molar-refractivity contribution in [1.82, 2.24) is 15.1 Å². The highest BCUT2D eigenvalue weighted by atomic mass is 19.1. The number of alkyl halides is 1. The first kappa shape index (κ1) is 29.0. The maximum Gasteiger partial charge on any atom is 0.314 e. The highest BCUT2D eigenvalue weighted by Gasteiger charge is 2.50. The lowest BCUT2D eigenvalue weighted by atomic mass is 9.85. The standard InChI is InChI=1S/C34H39F3N6O2/c1-3-24-26(36)8-5-19-11-23(44)12-25(28(19)24)30-29(37)31-27(18(2)38-30)32(42-15-21-6-7-22(16-42)39-21)41-33(40-31)45-17-34-9-4-10-43(34)14-20(35)13-34/h5,8,11-12,20-22,27,31,39,44H,3-4,6-7,9-10,13-17H2,1-2H3/t20-,21?,22?,27?,31?,34+/m1/s1. The molecule has 2 aromatic carbocycles. The Hall–Kier alpha value is -3.44. The molecular weight excluding hydrogens is 581 g/mol. The summed E-state index contributed by atoms with van der Waals surface area (Å²) in [7, 11) is 0. The number of piperazine rings is 1. The number of aliphatic imine (C=N–C) groups is 3. The first-order valence-electron chi connectivity index (χ1n) is 16.3. The molecule has 6 atom stereocenters. The second-order valence-corrected chi connectivity index (χ2v) is 13.6. The van der Waals surface area contributed by atoms with Gasteiger partial charge in [-0.2, -0.15) is 4.99 Å². The van der Waals surface area contributed by atoms with E-state index in [1.807, 2.05) is 13.8 Å². The number of ether oxygens (including phenoxy) is 1. The van der Waals surface area contributed by atoms with E-state index in [0.717, 1.165) is 45.3 Å². The van der Waals surface area contributed by atoms with Crippen LogP contribution in [0.1, 0.15) is 57.1 Å². The molecule has 2 bridgehead atoms. The lowest BCUT2D eigenvalue weighted by Gasteiger charge is -2.41. The first-order chi connectivity index (χ1) is 21.7. The van der Waals surface area contributed by atoms with Crippen molar-refractivity contribution < 1.29 is 23.0 Å². The summed E-state index contributed by atoms with van der Waals surface area (Å²) < 4.78 is 52.9. The van der Waals surface area contributed by atoms with Gasteiger partial charge in [0.2, 0.25) is 0 Å². The highest BCUT2D eigenvalue weighted by molar-refractivity contribution is 6.14. The Balaban J connectivity index is 1.22. The van der Waals surface area contributed by atoms with Gasteiger partial charge in [-0.15, -0.1) is 0 Å². The summed E-state index contributed by atoms with van der Waals surface area (Å²) in [5.74, 6) is -0.855. The number of aryl methyl sites for hydroxylation is 1. The summed E-state index contributed by atoms with van der Waals surface area (Å²) in [6, 6.07) is 5.76. The van der Waals surface area contributed by atoms with Crippen molar-refractivity contribution in [3.05, 3.63) is 47.0 Å². The number of phenolic OH excluding ortho intramolecular Hbond substituents is 1. The number of likely N-dealkylation sites (tertiary alicyclic amines) is 1. The molecule has 8 rings (SSSR count). The Morgan fingerprint density at radius 2 is 1.91 bits per heavy atom. The SMILES string of the molecule is CCc1c(F)ccc2cc(O)cc(C3=C(F)C4N=C(OC[C@@]56CCCN5C[C@H](F)C6)N=C(N5CC6CCC(C5)N6)C4C(C)=N3)c12. The fourth-order valence-electron chi connectivity index (χ4n) is 8.78. The fraction of sp³-hybridized carbons (Fsp3) is 0.559. The molecule has 0 aliphatic carbocycles. The number of amidine groups is 2. The van der Waals surface area contributed by atoms with Crippen LogP contribution in [0.15, 0.2) is 45.1 Å². The van der Waals surface area contributed by atoms with Crippen molar-refractivity contribution in [3.63, 3.8) is 0 Å². The van der Waals surface area contributed by atoms with Crippen LogP contribution >= 0.6 is 0 Å². The molecule has 11 heteroatoms. The van der Waals surface area contributed by atoms with Crippen molar-refractivity contribution >= 4 is 34.0 Å². The average Bonchev–Trinajstić information content (AvgIpc) is 3.67. The third kappa shape index (κ3) is 4.76. The van der Waals surface area contributed by atoms with E-state index in [2.05, 4.69) is 15.1 Å². The number of halogens is 3. The molecular formula is C34H39F3N6O2. The van der Waals surface area contributed by atoms with E-state index in [1.165, 1.54) is 12.1 Å². The minimum absolute atomic E-state index is 0.0382. The molecule has 2 N–H and O–H groups in total. The third-order valence-corrected chi connectivity index (χ3v) is 10.8. The molecule has 4 unspecified atom stereocenters.